The maximum atomic E-state index is 13.4. The molecule has 0 radical (unpaired) electrons. The van der Waals surface area contributed by atoms with Crippen LogP contribution in [0.4, 0.5) is 5.69 Å². The zero-order valence-electron chi connectivity index (χ0n) is 17.4. The van der Waals surface area contributed by atoms with Gasteiger partial charge in [0.05, 0.1) is 25.2 Å². The minimum absolute atomic E-state index is 0.0705. The number of nitrogens with one attached hydrogen (secondary N) is 1. The van der Waals surface area contributed by atoms with Gasteiger partial charge >= 0.3 is 0 Å². The number of rotatable bonds is 3. The van der Waals surface area contributed by atoms with Gasteiger partial charge in [-0.15, -0.1) is 0 Å². The minimum atomic E-state index is 0.0705. The van der Waals surface area contributed by atoms with E-state index in [0.717, 1.165) is 65.1 Å². The van der Waals surface area contributed by atoms with Crippen molar-refractivity contribution in [1.82, 2.24) is 10.2 Å². The topological polar surface area (TPSA) is 54.0 Å². The highest BCUT2D eigenvalue weighted by molar-refractivity contribution is 5.81. The number of amides is 1. The maximum Gasteiger partial charge on any atom is 0.227 e. The fourth-order valence-corrected chi connectivity index (χ4v) is 5.76. The van der Waals surface area contributed by atoms with Crippen LogP contribution in [0.25, 0.3) is 0 Å². The van der Waals surface area contributed by atoms with Crippen molar-refractivity contribution < 1.29 is 14.3 Å². The molecule has 4 unspecified atom stereocenters. The van der Waals surface area contributed by atoms with E-state index in [1.165, 1.54) is 11.3 Å². The SMILES string of the molecule is COC1CCC2NC[C@@H]3CC(c4ccc(N5CCOCC5)cc4)CN3C(=O)C2C1. The maximum absolute atomic E-state index is 13.4. The zero-order chi connectivity index (χ0) is 19.8. The molecule has 3 aliphatic heterocycles. The number of methoxy groups -OCH3 is 1. The van der Waals surface area contributed by atoms with Gasteiger partial charge in [-0.25, -0.2) is 0 Å². The second-order valence-corrected chi connectivity index (χ2v) is 9.06. The van der Waals surface area contributed by atoms with Crippen LogP contribution in [-0.2, 0) is 14.3 Å². The largest absolute Gasteiger partial charge is 0.381 e. The summed E-state index contributed by atoms with van der Waals surface area (Å²) in [6.07, 6.45) is 4.24. The van der Waals surface area contributed by atoms with Crippen molar-refractivity contribution in [3.8, 4) is 0 Å². The molecule has 29 heavy (non-hydrogen) atoms. The summed E-state index contributed by atoms with van der Waals surface area (Å²) in [5, 5.41) is 3.72. The molecule has 5 rings (SSSR count). The molecule has 1 aromatic carbocycles. The smallest absolute Gasteiger partial charge is 0.227 e. The number of ether oxygens (including phenoxy) is 2. The quantitative estimate of drug-likeness (QED) is 0.843. The molecule has 1 aromatic rings. The molecular formula is C23H33N3O3. The average molecular weight is 400 g/mol. The van der Waals surface area contributed by atoms with E-state index in [9.17, 15) is 4.79 Å². The fraction of sp³-hybridized carbons (Fsp3) is 0.696. The first kappa shape index (κ1) is 19.3. The lowest BCUT2D eigenvalue weighted by Gasteiger charge is -2.34. The molecule has 5 atom stereocenters. The molecule has 1 amide bonds. The van der Waals surface area contributed by atoms with Crippen LogP contribution >= 0.6 is 0 Å². The molecule has 3 saturated heterocycles. The summed E-state index contributed by atoms with van der Waals surface area (Å²) in [5.41, 5.74) is 2.64. The van der Waals surface area contributed by atoms with E-state index in [0.29, 0.717) is 23.9 Å². The summed E-state index contributed by atoms with van der Waals surface area (Å²) in [5.74, 6) is 0.850. The summed E-state index contributed by atoms with van der Waals surface area (Å²) in [6.45, 7) is 5.31. The molecule has 158 valence electrons. The Labute approximate surface area is 173 Å². The standard InChI is InChI=1S/C23H33N3O3/c1-28-20-6-7-22-21(13-20)23(27)26-15-17(12-19(26)14-24-22)16-2-4-18(5-3-16)25-8-10-29-11-9-25/h2-5,17,19-22,24H,6-15H2,1H3/t17?,19-,20?,21?,22?/m0/s1. The lowest BCUT2D eigenvalue weighted by Crippen LogP contribution is -2.46. The Morgan fingerprint density at radius 2 is 1.90 bits per heavy atom. The second-order valence-electron chi connectivity index (χ2n) is 9.06. The number of morpholine rings is 1. The van der Waals surface area contributed by atoms with Crippen LogP contribution in [0.15, 0.2) is 24.3 Å². The molecule has 4 fully saturated rings. The van der Waals surface area contributed by atoms with Gasteiger partial charge in [0.25, 0.3) is 0 Å². The van der Waals surface area contributed by atoms with Gasteiger partial charge in [0.15, 0.2) is 0 Å². The summed E-state index contributed by atoms with van der Waals surface area (Å²) in [4.78, 5) is 17.9. The van der Waals surface area contributed by atoms with Crippen molar-refractivity contribution in [3.05, 3.63) is 29.8 Å². The molecule has 0 aromatic heterocycles. The van der Waals surface area contributed by atoms with Crippen molar-refractivity contribution in [1.29, 1.82) is 0 Å². The summed E-state index contributed by atoms with van der Waals surface area (Å²) < 4.78 is 11.0. The van der Waals surface area contributed by atoms with E-state index in [1.807, 2.05) is 0 Å². The number of carbonyl (C=O) groups is 1. The Hall–Kier alpha value is -1.63. The van der Waals surface area contributed by atoms with Crippen LogP contribution in [0.1, 0.15) is 37.2 Å². The number of fused-ring (bicyclic) bond motifs is 2. The third-order valence-electron chi connectivity index (χ3n) is 7.51. The molecular weight excluding hydrogens is 366 g/mol. The van der Waals surface area contributed by atoms with Crippen LogP contribution in [-0.4, -0.2) is 75.5 Å². The normalized spacial score (nSPS) is 35.2. The van der Waals surface area contributed by atoms with Crippen molar-refractivity contribution in [2.45, 2.75) is 49.8 Å². The monoisotopic (exact) mass is 399 g/mol. The molecule has 0 spiro atoms. The van der Waals surface area contributed by atoms with Crippen molar-refractivity contribution >= 4 is 11.6 Å². The third-order valence-corrected chi connectivity index (χ3v) is 7.51. The van der Waals surface area contributed by atoms with E-state index in [1.54, 1.807) is 7.11 Å². The Morgan fingerprint density at radius 3 is 2.66 bits per heavy atom. The van der Waals surface area contributed by atoms with Crippen LogP contribution in [0.3, 0.4) is 0 Å². The van der Waals surface area contributed by atoms with E-state index in [2.05, 4.69) is 39.4 Å². The number of anilines is 1. The van der Waals surface area contributed by atoms with Crippen LogP contribution in [0.2, 0.25) is 0 Å². The predicted octanol–water partition coefficient (Wildman–Crippen LogP) is 1.99. The molecule has 6 nitrogen and oxygen atoms in total. The highest BCUT2D eigenvalue weighted by atomic mass is 16.5. The van der Waals surface area contributed by atoms with E-state index < -0.39 is 0 Å². The van der Waals surface area contributed by atoms with Gasteiger partial charge in [0.1, 0.15) is 0 Å². The zero-order valence-corrected chi connectivity index (χ0v) is 17.4. The van der Waals surface area contributed by atoms with Crippen LogP contribution in [0.5, 0.6) is 0 Å². The summed E-state index contributed by atoms with van der Waals surface area (Å²) >= 11 is 0. The highest BCUT2D eigenvalue weighted by Gasteiger charge is 2.45. The Kier molecular flexibility index (Phi) is 5.50. The van der Waals surface area contributed by atoms with Gasteiger partial charge in [0.2, 0.25) is 5.91 Å². The van der Waals surface area contributed by atoms with Crippen LogP contribution < -0.4 is 10.2 Å². The number of hydrogen-bond acceptors (Lipinski definition) is 5. The van der Waals surface area contributed by atoms with Crippen LogP contribution in [0, 0.1) is 5.92 Å². The van der Waals surface area contributed by atoms with Crippen molar-refractivity contribution in [2.75, 3.05) is 51.4 Å². The van der Waals surface area contributed by atoms with Gasteiger partial charge in [-0.1, -0.05) is 12.1 Å². The predicted molar refractivity (Wildman–Crippen MR) is 112 cm³/mol. The van der Waals surface area contributed by atoms with Gasteiger partial charge in [-0.2, -0.15) is 0 Å². The molecule has 0 bridgehead atoms. The van der Waals surface area contributed by atoms with Gasteiger partial charge in [-0.3, -0.25) is 4.79 Å². The number of benzene rings is 1. The third kappa shape index (κ3) is 3.78. The van der Waals surface area contributed by atoms with E-state index in [4.69, 9.17) is 9.47 Å². The van der Waals surface area contributed by atoms with Gasteiger partial charge in [0, 0.05) is 57.0 Å². The lowest BCUT2D eigenvalue weighted by molar-refractivity contribution is -0.138. The van der Waals surface area contributed by atoms with Crippen molar-refractivity contribution in [3.63, 3.8) is 0 Å². The number of nitrogens with zero attached hydrogens (tertiary/aromatic N) is 2. The first-order chi connectivity index (χ1) is 14.2. The highest BCUT2D eigenvalue weighted by Crippen LogP contribution is 2.38. The molecule has 3 heterocycles. The first-order valence-electron chi connectivity index (χ1n) is 11.2. The molecule has 1 saturated carbocycles. The Balaban J connectivity index is 1.27. The minimum Gasteiger partial charge on any atom is -0.381 e. The van der Waals surface area contributed by atoms with Crippen molar-refractivity contribution in [2.24, 2.45) is 5.92 Å². The fourth-order valence-electron chi connectivity index (χ4n) is 5.76. The van der Waals surface area contributed by atoms with E-state index >= 15 is 0 Å². The second kappa shape index (κ2) is 8.25. The summed E-state index contributed by atoms with van der Waals surface area (Å²) in [7, 11) is 1.77. The molecule has 4 aliphatic rings. The number of hydrogen-bond donors (Lipinski definition) is 1. The first-order valence-corrected chi connectivity index (χ1v) is 11.2. The molecule has 1 aliphatic carbocycles. The molecule has 6 heteroatoms. The Bertz CT molecular complexity index is 719. The average Bonchev–Trinajstić information content (AvgIpc) is 3.17. The van der Waals surface area contributed by atoms with Gasteiger partial charge < -0.3 is 24.6 Å². The number of carbonyl (C=O) groups excluding carboxylic acids is 1. The Morgan fingerprint density at radius 1 is 1.10 bits per heavy atom. The lowest BCUT2D eigenvalue weighted by atomic mass is 9.82. The summed E-state index contributed by atoms with van der Waals surface area (Å²) in [6, 6.07) is 9.66. The van der Waals surface area contributed by atoms with Gasteiger partial charge in [-0.05, 0) is 43.4 Å². The molecule has 1 N–H and O–H groups in total. The van der Waals surface area contributed by atoms with E-state index in [-0.39, 0.29) is 12.0 Å².